The Hall–Kier alpha value is -1.16. The number of benzene rings is 1. The number of hydrogen-bond acceptors (Lipinski definition) is 2. The molecule has 1 aliphatic carbocycles. The van der Waals surface area contributed by atoms with Gasteiger partial charge in [0.25, 0.3) is 0 Å². The van der Waals surface area contributed by atoms with E-state index in [0.29, 0.717) is 5.56 Å². The third-order valence-corrected chi connectivity index (χ3v) is 3.74. The molecular weight excluding hydrogens is 294 g/mol. The molecule has 3 nitrogen and oxygen atoms in total. The maximum absolute atomic E-state index is 11.9. The highest BCUT2D eigenvalue weighted by molar-refractivity contribution is 9.10. The van der Waals surface area contributed by atoms with E-state index in [2.05, 4.69) is 21.2 Å². The smallest absolute Gasteiger partial charge is 0.228 e. The van der Waals surface area contributed by atoms with Crippen molar-refractivity contribution < 1.29 is 9.59 Å². The number of carbonyl (C=O) groups excluding carboxylic acids is 2. The van der Waals surface area contributed by atoms with E-state index in [-0.39, 0.29) is 24.2 Å². The highest BCUT2D eigenvalue weighted by atomic mass is 79.9. The van der Waals surface area contributed by atoms with Crippen LogP contribution in [0.3, 0.4) is 0 Å². The molecule has 1 aromatic carbocycles. The molecule has 0 unspecified atom stereocenters. The van der Waals surface area contributed by atoms with Crippen LogP contribution in [0.15, 0.2) is 28.7 Å². The lowest BCUT2D eigenvalue weighted by molar-refractivity contribution is -0.120. The van der Waals surface area contributed by atoms with Gasteiger partial charge in [0, 0.05) is 16.1 Å². The van der Waals surface area contributed by atoms with E-state index in [9.17, 15) is 9.59 Å². The van der Waals surface area contributed by atoms with Crippen LogP contribution in [0.2, 0.25) is 0 Å². The summed E-state index contributed by atoms with van der Waals surface area (Å²) in [5.41, 5.74) is 0.583. The van der Waals surface area contributed by atoms with E-state index in [1.165, 1.54) is 12.8 Å². The summed E-state index contributed by atoms with van der Waals surface area (Å²) in [5.74, 6) is -0.284. The molecule has 1 amide bonds. The lowest BCUT2D eigenvalue weighted by atomic mass is 10.1. The standard InChI is InChI=1S/C14H16BrNO2/c15-11-7-5-10(6-8-11)13(17)9-14(18)16-12-3-1-2-4-12/h5-8,12H,1-4,9H2,(H,16,18). The monoisotopic (exact) mass is 309 g/mol. The molecule has 0 radical (unpaired) electrons. The number of Topliss-reactive ketones (excluding diaryl/α,β-unsaturated/α-hetero) is 1. The van der Waals surface area contributed by atoms with Crippen molar-refractivity contribution in [3.05, 3.63) is 34.3 Å². The third-order valence-electron chi connectivity index (χ3n) is 3.21. The first-order valence-electron chi connectivity index (χ1n) is 6.23. The fraction of sp³-hybridized carbons (Fsp3) is 0.429. The fourth-order valence-electron chi connectivity index (χ4n) is 2.23. The van der Waals surface area contributed by atoms with Crippen LogP contribution in [-0.2, 0) is 4.79 Å². The van der Waals surface area contributed by atoms with Crippen molar-refractivity contribution in [3.63, 3.8) is 0 Å². The summed E-state index contributed by atoms with van der Waals surface area (Å²) in [4.78, 5) is 23.6. The first kappa shape index (κ1) is 13.3. The van der Waals surface area contributed by atoms with Crippen molar-refractivity contribution in [3.8, 4) is 0 Å². The molecule has 0 heterocycles. The molecule has 96 valence electrons. The normalized spacial score (nSPS) is 15.6. The summed E-state index contributed by atoms with van der Waals surface area (Å²) in [5, 5.41) is 2.92. The molecule has 1 aliphatic rings. The quantitative estimate of drug-likeness (QED) is 0.686. The number of carbonyl (C=O) groups is 2. The van der Waals surface area contributed by atoms with E-state index < -0.39 is 0 Å². The third kappa shape index (κ3) is 3.67. The van der Waals surface area contributed by atoms with Gasteiger partial charge in [-0.15, -0.1) is 0 Å². The van der Waals surface area contributed by atoms with Crippen molar-refractivity contribution in [1.82, 2.24) is 5.32 Å². The Labute approximate surface area is 115 Å². The Balaban J connectivity index is 1.86. The molecular formula is C14H16BrNO2. The first-order chi connectivity index (χ1) is 8.65. The van der Waals surface area contributed by atoms with Crippen LogP contribution in [0, 0.1) is 0 Å². The topological polar surface area (TPSA) is 46.2 Å². The van der Waals surface area contributed by atoms with Crippen molar-refractivity contribution in [2.24, 2.45) is 0 Å². The van der Waals surface area contributed by atoms with Gasteiger partial charge in [0.1, 0.15) is 0 Å². The van der Waals surface area contributed by atoms with Gasteiger partial charge in [0.05, 0.1) is 6.42 Å². The van der Waals surface area contributed by atoms with Gasteiger partial charge in [0.2, 0.25) is 5.91 Å². The molecule has 0 aliphatic heterocycles. The van der Waals surface area contributed by atoms with Crippen molar-refractivity contribution in [1.29, 1.82) is 0 Å². The molecule has 18 heavy (non-hydrogen) atoms. The average Bonchev–Trinajstić information content (AvgIpc) is 2.82. The van der Waals surface area contributed by atoms with Crippen LogP contribution in [-0.4, -0.2) is 17.7 Å². The van der Waals surface area contributed by atoms with Crippen molar-refractivity contribution in [2.75, 3.05) is 0 Å². The largest absolute Gasteiger partial charge is 0.353 e. The van der Waals surface area contributed by atoms with Gasteiger partial charge < -0.3 is 5.32 Å². The molecule has 4 heteroatoms. The zero-order valence-corrected chi connectivity index (χ0v) is 11.7. The molecule has 1 fully saturated rings. The van der Waals surface area contributed by atoms with Crippen LogP contribution in [0.5, 0.6) is 0 Å². The lowest BCUT2D eigenvalue weighted by Crippen LogP contribution is -2.33. The van der Waals surface area contributed by atoms with Gasteiger partial charge in [-0.05, 0) is 25.0 Å². The number of ketones is 1. The minimum atomic E-state index is -0.158. The van der Waals surface area contributed by atoms with Crippen LogP contribution >= 0.6 is 15.9 Å². The van der Waals surface area contributed by atoms with Crippen molar-refractivity contribution >= 4 is 27.6 Å². The Morgan fingerprint density at radius 1 is 1.17 bits per heavy atom. The summed E-state index contributed by atoms with van der Waals surface area (Å²) in [6.07, 6.45) is 4.37. The summed E-state index contributed by atoms with van der Waals surface area (Å²) < 4.78 is 0.925. The Bertz CT molecular complexity index is 436. The molecule has 1 aromatic rings. The lowest BCUT2D eigenvalue weighted by Gasteiger charge is -2.11. The SMILES string of the molecule is O=C(CC(=O)c1ccc(Br)cc1)NC1CCCC1. The summed E-state index contributed by atoms with van der Waals surface area (Å²) in [6, 6.07) is 7.35. The van der Waals surface area contributed by atoms with Gasteiger partial charge in [-0.1, -0.05) is 40.9 Å². The molecule has 2 rings (SSSR count). The Kier molecular flexibility index (Phi) is 4.53. The highest BCUT2D eigenvalue weighted by Crippen LogP contribution is 2.18. The molecule has 0 aromatic heterocycles. The molecule has 0 bridgehead atoms. The van der Waals surface area contributed by atoms with Gasteiger partial charge in [-0.25, -0.2) is 0 Å². The number of amides is 1. The van der Waals surface area contributed by atoms with Crippen LogP contribution in [0.25, 0.3) is 0 Å². The second-order valence-electron chi connectivity index (χ2n) is 4.66. The van der Waals surface area contributed by atoms with Crippen molar-refractivity contribution in [2.45, 2.75) is 38.1 Å². The van der Waals surface area contributed by atoms with Crippen LogP contribution in [0.1, 0.15) is 42.5 Å². The second-order valence-corrected chi connectivity index (χ2v) is 5.57. The molecule has 0 saturated heterocycles. The molecule has 1 N–H and O–H groups in total. The highest BCUT2D eigenvalue weighted by Gasteiger charge is 2.19. The zero-order valence-electron chi connectivity index (χ0n) is 10.1. The van der Waals surface area contributed by atoms with Crippen LogP contribution in [0.4, 0.5) is 0 Å². The van der Waals surface area contributed by atoms with E-state index in [1.807, 2.05) is 12.1 Å². The predicted octanol–water partition coefficient (Wildman–Crippen LogP) is 3.08. The Morgan fingerprint density at radius 3 is 2.39 bits per heavy atom. The van der Waals surface area contributed by atoms with E-state index >= 15 is 0 Å². The molecule has 1 saturated carbocycles. The van der Waals surface area contributed by atoms with E-state index in [0.717, 1.165) is 17.3 Å². The number of hydrogen-bond donors (Lipinski definition) is 1. The second kappa shape index (κ2) is 6.14. The number of rotatable bonds is 4. The molecule has 0 atom stereocenters. The number of halogens is 1. The van der Waals surface area contributed by atoms with Gasteiger partial charge in [-0.2, -0.15) is 0 Å². The van der Waals surface area contributed by atoms with Gasteiger partial charge in [-0.3, -0.25) is 9.59 Å². The van der Waals surface area contributed by atoms with E-state index in [4.69, 9.17) is 0 Å². The maximum Gasteiger partial charge on any atom is 0.228 e. The minimum absolute atomic E-state index is 0.0574. The fourth-order valence-corrected chi connectivity index (χ4v) is 2.50. The maximum atomic E-state index is 11.9. The van der Waals surface area contributed by atoms with Crippen LogP contribution < -0.4 is 5.32 Å². The zero-order chi connectivity index (χ0) is 13.0. The van der Waals surface area contributed by atoms with Gasteiger partial charge in [0.15, 0.2) is 5.78 Å². The first-order valence-corrected chi connectivity index (χ1v) is 7.02. The summed E-state index contributed by atoms with van der Waals surface area (Å²) in [6.45, 7) is 0. The minimum Gasteiger partial charge on any atom is -0.353 e. The van der Waals surface area contributed by atoms with Gasteiger partial charge >= 0.3 is 0 Å². The summed E-state index contributed by atoms with van der Waals surface area (Å²) in [7, 11) is 0. The number of nitrogens with one attached hydrogen (secondary N) is 1. The summed E-state index contributed by atoms with van der Waals surface area (Å²) >= 11 is 3.31. The predicted molar refractivity (Wildman–Crippen MR) is 73.5 cm³/mol. The molecule has 0 spiro atoms. The Morgan fingerprint density at radius 2 is 1.78 bits per heavy atom. The van der Waals surface area contributed by atoms with E-state index in [1.54, 1.807) is 12.1 Å². The average molecular weight is 310 g/mol.